The summed E-state index contributed by atoms with van der Waals surface area (Å²) in [6.45, 7) is 3.36. The average molecular weight is 441 g/mol. The third-order valence-electron chi connectivity index (χ3n) is 5.74. The van der Waals surface area contributed by atoms with Gasteiger partial charge in [-0.25, -0.2) is 14.8 Å². The van der Waals surface area contributed by atoms with E-state index in [9.17, 15) is 9.90 Å². The Labute approximate surface area is 191 Å². The zero-order chi connectivity index (χ0) is 22.8. The van der Waals surface area contributed by atoms with Gasteiger partial charge in [0.1, 0.15) is 17.3 Å². The number of phenols is 1. The van der Waals surface area contributed by atoms with E-state index in [2.05, 4.69) is 10.2 Å². The molecule has 3 aromatic carbocycles. The molecule has 1 aliphatic heterocycles. The minimum atomic E-state index is -0.467. The number of hydrogen-bond donors (Lipinski definition) is 2. The number of fused-ring (bicyclic) bond motifs is 1. The molecule has 1 amide bonds. The van der Waals surface area contributed by atoms with Gasteiger partial charge in [0.15, 0.2) is 5.82 Å². The van der Waals surface area contributed by atoms with E-state index >= 15 is 0 Å². The van der Waals surface area contributed by atoms with Gasteiger partial charge in [0.2, 0.25) is 0 Å². The Balaban J connectivity index is 1.41. The highest BCUT2D eigenvalue weighted by Crippen LogP contribution is 2.33. The van der Waals surface area contributed by atoms with E-state index in [1.807, 2.05) is 55.5 Å². The molecule has 4 aromatic rings. The van der Waals surface area contributed by atoms with E-state index in [1.54, 1.807) is 24.3 Å². The summed E-state index contributed by atoms with van der Waals surface area (Å²) in [6, 6.07) is 22.1. The van der Waals surface area contributed by atoms with Crippen molar-refractivity contribution in [2.24, 2.45) is 0 Å². The highest BCUT2D eigenvalue weighted by atomic mass is 16.6. The topological polar surface area (TPSA) is 87.6 Å². The van der Waals surface area contributed by atoms with Gasteiger partial charge in [-0.05, 0) is 55.3 Å². The molecular weight excluding hydrogens is 416 g/mol. The fourth-order valence-corrected chi connectivity index (χ4v) is 4.11. The number of nitrogens with one attached hydrogen (secondary N) is 1. The maximum Gasteiger partial charge on any atom is 0.412 e. The normalized spacial score (nSPS) is 15.5. The molecule has 33 heavy (non-hydrogen) atoms. The van der Waals surface area contributed by atoms with Gasteiger partial charge in [-0.2, -0.15) is 0 Å². The molecule has 1 aromatic heterocycles. The van der Waals surface area contributed by atoms with Crippen molar-refractivity contribution in [1.82, 2.24) is 15.3 Å². The SMILES string of the molecule is Cc1ccc2c(N3CCC(NC(=O)Oc4ccccc4)C3)nc(-c3ccccc3O)nc2c1. The van der Waals surface area contributed by atoms with E-state index in [4.69, 9.17) is 14.7 Å². The predicted molar refractivity (Wildman–Crippen MR) is 128 cm³/mol. The predicted octanol–water partition coefficient (Wildman–Crippen LogP) is 4.68. The van der Waals surface area contributed by atoms with Crippen LogP contribution in [0.4, 0.5) is 10.6 Å². The largest absolute Gasteiger partial charge is 0.507 e. The third-order valence-corrected chi connectivity index (χ3v) is 5.74. The zero-order valence-corrected chi connectivity index (χ0v) is 18.2. The average Bonchev–Trinajstić information content (AvgIpc) is 3.27. The lowest BCUT2D eigenvalue weighted by molar-refractivity contribution is 0.197. The van der Waals surface area contributed by atoms with Gasteiger partial charge in [0.05, 0.1) is 17.1 Å². The molecule has 2 N–H and O–H groups in total. The summed E-state index contributed by atoms with van der Waals surface area (Å²) in [7, 11) is 0. The number of benzene rings is 3. The van der Waals surface area contributed by atoms with Crippen molar-refractivity contribution in [3.63, 3.8) is 0 Å². The monoisotopic (exact) mass is 440 g/mol. The summed E-state index contributed by atoms with van der Waals surface area (Å²) in [5.41, 5.74) is 2.50. The number of nitrogens with zero attached hydrogens (tertiary/aromatic N) is 3. The van der Waals surface area contributed by atoms with Crippen LogP contribution in [-0.4, -0.2) is 40.3 Å². The van der Waals surface area contributed by atoms with E-state index in [0.717, 1.165) is 35.2 Å². The minimum absolute atomic E-state index is 0.0646. The molecule has 0 bridgehead atoms. The number of aromatic nitrogens is 2. The molecule has 166 valence electrons. The number of ether oxygens (including phenoxy) is 1. The van der Waals surface area contributed by atoms with Gasteiger partial charge in [0.25, 0.3) is 0 Å². The second-order valence-corrected chi connectivity index (χ2v) is 8.19. The quantitative estimate of drug-likeness (QED) is 0.479. The molecule has 5 rings (SSSR count). The molecular formula is C26H24N4O3. The van der Waals surface area contributed by atoms with Crippen LogP contribution >= 0.6 is 0 Å². The Bertz CT molecular complexity index is 1310. The number of hydrogen-bond acceptors (Lipinski definition) is 6. The Kier molecular flexibility index (Phi) is 5.52. The molecule has 1 saturated heterocycles. The molecule has 0 radical (unpaired) electrons. The van der Waals surface area contributed by atoms with Crippen molar-refractivity contribution in [2.75, 3.05) is 18.0 Å². The molecule has 1 atom stereocenters. The van der Waals surface area contributed by atoms with Crippen LogP contribution < -0.4 is 15.0 Å². The summed E-state index contributed by atoms with van der Waals surface area (Å²) in [5, 5.41) is 14.2. The highest BCUT2D eigenvalue weighted by Gasteiger charge is 2.27. The molecule has 7 nitrogen and oxygen atoms in total. The Morgan fingerprint density at radius 3 is 2.67 bits per heavy atom. The molecule has 0 aliphatic carbocycles. The van der Waals surface area contributed by atoms with Crippen LogP contribution in [0.5, 0.6) is 11.5 Å². The number of carbonyl (C=O) groups is 1. The van der Waals surface area contributed by atoms with Crippen molar-refractivity contribution in [3.05, 3.63) is 78.4 Å². The lowest BCUT2D eigenvalue weighted by atomic mass is 10.1. The number of rotatable bonds is 4. The second kappa shape index (κ2) is 8.78. The van der Waals surface area contributed by atoms with Crippen LogP contribution in [0.1, 0.15) is 12.0 Å². The Morgan fingerprint density at radius 2 is 1.85 bits per heavy atom. The zero-order valence-electron chi connectivity index (χ0n) is 18.2. The Morgan fingerprint density at radius 1 is 1.06 bits per heavy atom. The first-order valence-corrected chi connectivity index (χ1v) is 10.9. The van der Waals surface area contributed by atoms with Crippen molar-refractivity contribution >= 4 is 22.8 Å². The van der Waals surface area contributed by atoms with Crippen LogP contribution in [0.15, 0.2) is 72.8 Å². The lowest BCUT2D eigenvalue weighted by Crippen LogP contribution is -2.39. The molecule has 0 saturated carbocycles. The van der Waals surface area contributed by atoms with Crippen LogP contribution in [-0.2, 0) is 0 Å². The van der Waals surface area contributed by atoms with Gasteiger partial charge in [0, 0.05) is 18.5 Å². The van der Waals surface area contributed by atoms with Crippen LogP contribution in [0.2, 0.25) is 0 Å². The Hall–Kier alpha value is -4.13. The first-order chi connectivity index (χ1) is 16.1. The summed E-state index contributed by atoms with van der Waals surface area (Å²) in [6.07, 6.45) is 0.304. The summed E-state index contributed by atoms with van der Waals surface area (Å²) < 4.78 is 5.37. The van der Waals surface area contributed by atoms with Crippen molar-refractivity contribution in [1.29, 1.82) is 0 Å². The molecule has 1 unspecified atom stereocenters. The maximum absolute atomic E-state index is 12.3. The third kappa shape index (κ3) is 4.43. The fourth-order valence-electron chi connectivity index (χ4n) is 4.11. The van der Waals surface area contributed by atoms with E-state index in [-0.39, 0.29) is 11.8 Å². The van der Waals surface area contributed by atoms with Crippen LogP contribution in [0.3, 0.4) is 0 Å². The first kappa shape index (κ1) is 20.8. The molecule has 7 heteroatoms. The van der Waals surface area contributed by atoms with Crippen molar-refractivity contribution < 1.29 is 14.6 Å². The standard InChI is InChI=1S/C26H24N4O3/c1-17-11-12-20-22(15-17)28-24(21-9-5-6-10-23(21)31)29-25(20)30-14-13-18(16-30)27-26(32)33-19-7-3-2-4-8-19/h2-12,15,18,31H,13-14,16H2,1H3,(H,27,32). The number of para-hydroxylation sites is 2. The van der Waals surface area contributed by atoms with Gasteiger partial charge in [-0.15, -0.1) is 0 Å². The number of anilines is 1. The molecule has 2 heterocycles. The number of aryl methyl sites for hydroxylation is 1. The number of aromatic hydroxyl groups is 1. The van der Waals surface area contributed by atoms with Crippen LogP contribution in [0.25, 0.3) is 22.3 Å². The van der Waals surface area contributed by atoms with Gasteiger partial charge in [-0.3, -0.25) is 0 Å². The number of carbonyl (C=O) groups excluding carboxylic acids is 1. The smallest absolute Gasteiger partial charge is 0.412 e. The lowest BCUT2D eigenvalue weighted by Gasteiger charge is -2.21. The molecule has 1 fully saturated rings. The highest BCUT2D eigenvalue weighted by molar-refractivity contribution is 5.92. The molecule has 0 spiro atoms. The first-order valence-electron chi connectivity index (χ1n) is 10.9. The minimum Gasteiger partial charge on any atom is -0.507 e. The maximum atomic E-state index is 12.3. The summed E-state index contributed by atoms with van der Waals surface area (Å²) in [4.78, 5) is 24.0. The summed E-state index contributed by atoms with van der Waals surface area (Å²) in [5.74, 6) is 1.91. The van der Waals surface area contributed by atoms with E-state index in [0.29, 0.717) is 23.7 Å². The van der Waals surface area contributed by atoms with Gasteiger partial charge < -0.3 is 20.1 Å². The van der Waals surface area contributed by atoms with Crippen molar-refractivity contribution in [2.45, 2.75) is 19.4 Å². The van der Waals surface area contributed by atoms with Gasteiger partial charge in [-0.1, -0.05) is 36.4 Å². The fraction of sp³-hybridized carbons (Fsp3) is 0.192. The van der Waals surface area contributed by atoms with Crippen LogP contribution in [0, 0.1) is 6.92 Å². The number of phenolic OH excluding ortho intramolecular Hbond substituents is 1. The summed E-state index contributed by atoms with van der Waals surface area (Å²) >= 11 is 0. The van der Waals surface area contributed by atoms with Crippen molar-refractivity contribution in [3.8, 4) is 22.9 Å². The van der Waals surface area contributed by atoms with E-state index in [1.165, 1.54) is 0 Å². The van der Waals surface area contributed by atoms with Gasteiger partial charge >= 0.3 is 6.09 Å². The molecule has 1 aliphatic rings. The van der Waals surface area contributed by atoms with E-state index < -0.39 is 6.09 Å². The number of amides is 1. The second-order valence-electron chi connectivity index (χ2n) is 8.19.